The van der Waals surface area contributed by atoms with Gasteiger partial charge in [-0.2, -0.15) is 10.5 Å². The van der Waals surface area contributed by atoms with Gasteiger partial charge >= 0.3 is 0 Å². The van der Waals surface area contributed by atoms with Crippen LogP contribution in [0.2, 0.25) is 0 Å². The number of carbonyl (C=O) groups is 1. The predicted molar refractivity (Wildman–Crippen MR) is 89.1 cm³/mol. The Hall–Kier alpha value is -3.25. The van der Waals surface area contributed by atoms with Crippen molar-refractivity contribution in [2.75, 3.05) is 18.5 Å². The first-order valence-electron chi connectivity index (χ1n) is 7.87. The highest BCUT2D eigenvalue weighted by Crippen LogP contribution is 2.13. The van der Waals surface area contributed by atoms with Crippen molar-refractivity contribution in [1.29, 1.82) is 5.26 Å². The van der Waals surface area contributed by atoms with Gasteiger partial charge in [0.25, 0.3) is 5.91 Å². The molecule has 0 radical (unpaired) electrons. The van der Waals surface area contributed by atoms with Crippen LogP contribution in [0.4, 0.5) is 5.69 Å². The normalized spacial score (nSPS) is 17.1. The van der Waals surface area contributed by atoms with Crippen LogP contribution < -0.4 is 10.6 Å². The predicted octanol–water partition coefficient (Wildman–Crippen LogP) is 1.09. The summed E-state index contributed by atoms with van der Waals surface area (Å²) in [6.45, 7) is 1.29. The van der Waals surface area contributed by atoms with Crippen molar-refractivity contribution in [1.82, 2.24) is 25.9 Å². The minimum atomic E-state index is -0.137. The van der Waals surface area contributed by atoms with Crippen molar-refractivity contribution in [3.63, 3.8) is 0 Å². The van der Waals surface area contributed by atoms with E-state index in [1.165, 1.54) is 6.20 Å². The van der Waals surface area contributed by atoms with Gasteiger partial charge in [0, 0.05) is 30.6 Å². The lowest BCUT2D eigenvalue weighted by molar-refractivity contribution is 0.0858. The van der Waals surface area contributed by atoms with Crippen LogP contribution in [-0.4, -0.2) is 45.8 Å². The van der Waals surface area contributed by atoms with Crippen molar-refractivity contribution >= 4 is 17.2 Å². The van der Waals surface area contributed by atoms with Crippen LogP contribution in [0.3, 0.4) is 0 Å². The molecule has 0 bridgehead atoms. The molecule has 1 saturated heterocycles. The van der Waals surface area contributed by atoms with Crippen LogP contribution in [0.5, 0.6) is 0 Å². The molecule has 1 aromatic carbocycles. The minimum absolute atomic E-state index is 0.115. The molecule has 2 aromatic rings. The summed E-state index contributed by atoms with van der Waals surface area (Å²) in [4.78, 5) is 12.1. The van der Waals surface area contributed by atoms with Crippen LogP contribution in [0, 0.1) is 11.3 Å². The molecule has 9 nitrogen and oxygen atoms in total. The highest BCUT2D eigenvalue weighted by Gasteiger charge is 2.16. The van der Waals surface area contributed by atoms with E-state index in [-0.39, 0.29) is 23.4 Å². The number of benzene rings is 1. The summed E-state index contributed by atoms with van der Waals surface area (Å²) in [7, 11) is 0. The molecule has 1 aromatic heterocycles. The Morgan fingerprint density at radius 1 is 1.44 bits per heavy atom. The molecule has 1 fully saturated rings. The van der Waals surface area contributed by atoms with Crippen LogP contribution in [-0.2, 0) is 4.74 Å². The molecule has 9 heteroatoms. The third kappa shape index (κ3) is 4.39. The number of nitrogens with one attached hydrogen (secondary N) is 3. The highest BCUT2D eigenvalue weighted by molar-refractivity contribution is 5.94. The molecule has 128 valence electrons. The first-order valence-corrected chi connectivity index (χ1v) is 7.87. The van der Waals surface area contributed by atoms with Gasteiger partial charge in [-0.05, 0) is 42.3 Å². The smallest absolute Gasteiger partial charge is 0.251 e. The van der Waals surface area contributed by atoms with E-state index in [4.69, 9.17) is 10.00 Å². The first-order chi connectivity index (χ1) is 12.3. The molecule has 1 aliphatic rings. The number of aromatic nitrogens is 4. The molecule has 1 aliphatic heterocycles. The molecule has 25 heavy (non-hydrogen) atoms. The number of nitrogens with zero attached hydrogens (tertiary/aromatic N) is 4. The zero-order valence-electron chi connectivity index (χ0n) is 13.4. The Morgan fingerprint density at radius 3 is 2.92 bits per heavy atom. The monoisotopic (exact) mass is 339 g/mol. The van der Waals surface area contributed by atoms with Crippen molar-refractivity contribution in [2.24, 2.45) is 0 Å². The Kier molecular flexibility index (Phi) is 5.33. The molecule has 0 saturated carbocycles. The summed E-state index contributed by atoms with van der Waals surface area (Å²) < 4.78 is 5.48. The van der Waals surface area contributed by atoms with Gasteiger partial charge in [0.15, 0.2) is 0 Å². The maximum absolute atomic E-state index is 12.1. The number of H-pyrrole nitrogens is 1. The number of amides is 1. The molecule has 2 heterocycles. The molecule has 0 spiro atoms. The second kappa shape index (κ2) is 8.03. The fraction of sp³-hybridized carbons (Fsp3) is 0.312. The van der Waals surface area contributed by atoms with E-state index in [1.807, 2.05) is 6.07 Å². The van der Waals surface area contributed by atoms with Crippen LogP contribution in [0.1, 0.15) is 29.0 Å². The summed E-state index contributed by atoms with van der Waals surface area (Å²) in [5.41, 5.74) is 1.53. The van der Waals surface area contributed by atoms with Gasteiger partial charge in [0.05, 0.1) is 6.10 Å². The molecule has 3 N–H and O–H groups in total. The van der Waals surface area contributed by atoms with Gasteiger partial charge in [-0.1, -0.05) is 0 Å². The summed E-state index contributed by atoms with van der Waals surface area (Å²) in [6.07, 6.45) is 3.63. The zero-order chi connectivity index (χ0) is 17.5. The van der Waals surface area contributed by atoms with Crippen molar-refractivity contribution in [3.05, 3.63) is 41.9 Å². The Bertz CT molecular complexity index is 772. The van der Waals surface area contributed by atoms with E-state index >= 15 is 0 Å². The number of rotatable bonds is 6. The largest absolute Gasteiger partial charge is 0.376 e. The number of nitriles is 1. The van der Waals surface area contributed by atoms with E-state index in [0.717, 1.165) is 25.1 Å². The fourth-order valence-corrected chi connectivity index (χ4v) is 2.41. The number of hydrogen-bond donors (Lipinski definition) is 3. The Labute approximate surface area is 144 Å². The van der Waals surface area contributed by atoms with E-state index in [2.05, 4.69) is 31.3 Å². The maximum Gasteiger partial charge on any atom is 0.251 e. The van der Waals surface area contributed by atoms with E-state index < -0.39 is 0 Å². The number of hydrogen-bond acceptors (Lipinski definition) is 7. The Morgan fingerprint density at radius 2 is 2.28 bits per heavy atom. The van der Waals surface area contributed by atoms with Gasteiger partial charge < -0.3 is 15.4 Å². The van der Waals surface area contributed by atoms with Crippen molar-refractivity contribution in [3.8, 4) is 6.07 Å². The second-order valence-electron chi connectivity index (χ2n) is 5.47. The first kappa shape index (κ1) is 16.6. The SMILES string of the molecule is N#CC(=CNc1ccc(C(=O)NCC2CCCO2)cc1)c1nn[nH]n1. The van der Waals surface area contributed by atoms with Gasteiger partial charge in [0.2, 0.25) is 5.82 Å². The quantitative estimate of drug-likeness (QED) is 0.672. The van der Waals surface area contributed by atoms with E-state index in [1.54, 1.807) is 24.3 Å². The third-order valence-corrected chi connectivity index (χ3v) is 3.75. The highest BCUT2D eigenvalue weighted by atomic mass is 16.5. The molecule has 1 unspecified atom stereocenters. The maximum atomic E-state index is 12.1. The summed E-state index contributed by atoms with van der Waals surface area (Å²) in [6, 6.07) is 8.91. The number of aromatic amines is 1. The molecule has 1 amide bonds. The molecular weight excluding hydrogens is 322 g/mol. The van der Waals surface area contributed by atoms with Crippen molar-refractivity contribution in [2.45, 2.75) is 18.9 Å². The molecule has 3 rings (SSSR count). The number of allylic oxidation sites excluding steroid dienone is 1. The average molecular weight is 339 g/mol. The van der Waals surface area contributed by atoms with Gasteiger partial charge in [0.1, 0.15) is 11.6 Å². The van der Waals surface area contributed by atoms with Gasteiger partial charge in [-0.25, -0.2) is 0 Å². The fourth-order valence-electron chi connectivity index (χ4n) is 2.41. The number of anilines is 1. The average Bonchev–Trinajstić information content (AvgIpc) is 3.35. The third-order valence-electron chi connectivity index (χ3n) is 3.75. The number of ether oxygens (including phenoxy) is 1. The topological polar surface area (TPSA) is 129 Å². The minimum Gasteiger partial charge on any atom is -0.376 e. The number of carbonyl (C=O) groups excluding carboxylic acids is 1. The van der Waals surface area contributed by atoms with E-state index in [9.17, 15) is 4.79 Å². The summed E-state index contributed by atoms with van der Waals surface area (Å²) in [5, 5.41) is 28.1. The molecule has 0 aliphatic carbocycles. The zero-order valence-corrected chi connectivity index (χ0v) is 13.4. The van der Waals surface area contributed by atoms with Crippen molar-refractivity contribution < 1.29 is 9.53 Å². The van der Waals surface area contributed by atoms with Crippen LogP contribution in [0.15, 0.2) is 30.5 Å². The lowest BCUT2D eigenvalue weighted by Gasteiger charge is -2.11. The van der Waals surface area contributed by atoms with Crippen LogP contribution >= 0.6 is 0 Å². The van der Waals surface area contributed by atoms with E-state index in [0.29, 0.717) is 12.1 Å². The lowest BCUT2D eigenvalue weighted by atomic mass is 10.2. The second-order valence-corrected chi connectivity index (χ2v) is 5.47. The van der Waals surface area contributed by atoms with Crippen LogP contribution in [0.25, 0.3) is 5.57 Å². The summed E-state index contributed by atoms with van der Waals surface area (Å²) >= 11 is 0. The van der Waals surface area contributed by atoms with Gasteiger partial charge in [-0.3, -0.25) is 4.79 Å². The molecule has 1 atom stereocenters. The summed E-state index contributed by atoms with van der Waals surface area (Å²) in [5.74, 6) is 0.0715. The standard InChI is InChI=1S/C16H17N7O2/c17-8-12(15-20-22-23-21-15)9-18-13-5-3-11(4-6-13)16(24)19-10-14-2-1-7-25-14/h3-6,9,14,18H,1-2,7,10H2,(H,19,24)(H,20,21,22,23). The lowest BCUT2D eigenvalue weighted by Crippen LogP contribution is -2.31. The Balaban J connectivity index is 1.56. The number of tetrazole rings is 1. The molecular formula is C16H17N7O2. The van der Waals surface area contributed by atoms with Gasteiger partial charge in [-0.15, -0.1) is 10.2 Å².